The highest BCUT2D eigenvalue weighted by molar-refractivity contribution is 5.95. The summed E-state index contributed by atoms with van der Waals surface area (Å²) in [6, 6.07) is 6.73. The number of hydrogen-bond donors (Lipinski definition) is 1. The number of aryl methyl sites for hydroxylation is 3. The molecule has 1 N–H and O–H groups in total. The number of furan rings is 1. The molecule has 7 heteroatoms. The first-order valence-electron chi connectivity index (χ1n) is 8.51. The first-order chi connectivity index (χ1) is 12.9. The highest BCUT2D eigenvalue weighted by Crippen LogP contribution is 2.30. The number of imidazole rings is 1. The maximum Gasteiger partial charge on any atom is 0.255 e. The molecule has 2 heterocycles. The monoisotopic (exact) mass is 369 g/mol. The number of carbonyl (C=O) groups is 1. The first kappa shape index (κ1) is 18.6. The predicted molar refractivity (Wildman–Crippen MR) is 100 cm³/mol. The van der Waals surface area contributed by atoms with Gasteiger partial charge in [-0.15, -0.1) is 0 Å². The number of methoxy groups -OCH3 is 2. The fourth-order valence-corrected chi connectivity index (χ4v) is 3.01. The molecule has 1 amide bonds. The number of nitrogens with zero attached hydrogens (tertiary/aromatic N) is 2. The second-order valence-corrected chi connectivity index (χ2v) is 6.28. The second kappa shape index (κ2) is 7.57. The minimum Gasteiger partial charge on any atom is -0.497 e. The van der Waals surface area contributed by atoms with E-state index in [1.54, 1.807) is 39.5 Å². The zero-order valence-corrected chi connectivity index (χ0v) is 16.1. The van der Waals surface area contributed by atoms with E-state index in [1.807, 2.05) is 36.9 Å². The zero-order chi connectivity index (χ0) is 19.6. The van der Waals surface area contributed by atoms with E-state index in [2.05, 4.69) is 10.3 Å². The predicted octanol–water partition coefficient (Wildman–Crippen LogP) is 3.17. The molecule has 27 heavy (non-hydrogen) atoms. The Hall–Kier alpha value is -3.22. The van der Waals surface area contributed by atoms with E-state index in [9.17, 15) is 4.79 Å². The molecule has 3 aromatic rings. The van der Waals surface area contributed by atoms with Gasteiger partial charge in [-0.05, 0) is 37.6 Å². The molecule has 3 rings (SSSR count). The molecule has 7 nitrogen and oxygen atoms in total. The Balaban J connectivity index is 2.04. The van der Waals surface area contributed by atoms with Crippen LogP contribution in [0.25, 0.3) is 0 Å². The van der Waals surface area contributed by atoms with Crippen molar-refractivity contribution in [2.75, 3.05) is 14.2 Å². The normalized spacial score (nSPS) is 11.9. The van der Waals surface area contributed by atoms with Gasteiger partial charge in [0, 0.05) is 25.5 Å². The number of ether oxygens (including phenoxy) is 2. The van der Waals surface area contributed by atoms with Crippen molar-refractivity contribution in [2.45, 2.75) is 19.9 Å². The standard InChI is InChI=1S/C20H23N3O4/c1-12-8-17(13(2)27-12)20(24)22-18(19-21-6-7-23(19)3)14-9-15(25-4)11-16(10-14)26-5/h6-11,18H,1-5H3,(H,22,24). The van der Waals surface area contributed by atoms with Crippen molar-refractivity contribution < 1.29 is 18.7 Å². The number of hydrogen-bond acceptors (Lipinski definition) is 5. The fourth-order valence-electron chi connectivity index (χ4n) is 3.01. The first-order valence-corrected chi connectivity index (χ1v) is 8.51. The van der Waals surface area contributed by atoms with Crippen LogP contribution < -0.4 is 14.8 Å². The van der Waals surface area contributed by atoms with Crippen LogP contribution in [0.5, 0.6) is 11.5 Å². The maximum absolute atomic E-state index is 12.9. The van der Waals surface area contributed by atoms with Crippen LogP contribution in [0.1, 0.15) is 39.3 Å². The number of benzene rings is 1. The topological polar surface area (TPSA) is 78.5 Å². The molecule has 0 radical (unpaired) electrons. The molecule has 0 bridgehead atoms. The highest BCUT2D eigenvalue weighted by Gasteiger charge is 2.24. The summed E-state index contributed by atoms with van der Waals surface area (Å²) >= 11 is 0. The van der Waals surface area contributed by atoms with E-state index < -0.39 is 6.04 Å². The average molecular weight is 369 g/mol. The van der Waals surface area contributed by atoms with Crippen molar-refractivity contribution >= 4 is 5.91 Å². The summed E-state index contributed by atoms with van der Waals surface area (Å²) in [6.07, 6.45) is 3.53. The second-order valence-electron chi connectivity index (χ2n) is 6.28. The Morgan fingerprint density at radius 3 is 2.30 bits per heavy atom. The summed E-state index contributed by atoms with van der Waals surface area (Å²) in [5, 5.41) is 3.06. The summed E-state index contributed by atoms with van der Waals surface area (Å²) in [6.45, 7) is 3.58. The lowest BCUT2D eigenvalue weighted by Gasteiger charge is -2.20. The summed E-state index contributed by atoms with van der Waals surface area (Å²) in [5.74, 6) is 2.98. The summed E-state index contributed by atoms with van der Waals surface area (Å²) in [4.78, 5) is 17.3. The Labute approximate surface area is 157 Å². The molecule has 1 atom stereocenters. The van der Waals surface area contributed by atoms with Gasteiger partial charge < -0.3 is 23.8 Å². The number of nitrogens with one attached hydrogen (secondary N) is 1. The molecule has 0 aliphatic rings. The van der Waals surface area contributed by atoms with Gasteiger partial charge in [-0.2, -0.15) is 0 Å². The van der Waals surface area contributed by atoms with Crippen molar-refractivity contribution in [1.29, 1.82) is 0 Å². The van der Waals surface area contributed by atoms with E-state index in [1.165, 1.54) is 0 Å². The Bertz CT molecular complexity index is 936. The lowest BCUT2D eigenvalue weighted by Crippen LogP contribution is -2.31. The molecule has 0 saturated heterocycles. The molecular weight excluding hydrogens is 346 g/mol. The van der Waals surface area contributed by atoms with Gasteiger partial charge in [0.2, 0.25) is 0 Å². The third-order valence-electron chi connectivity index (χ3n) is 4.38. The minimum atomic E-state index is -0.490. The van der Waals surface area contributed by atoms with Crippen LogP contribution in [0, 0.1) is 13.8 Å². The fraction of sp³-hybridized carbons (Fsp3) is 0.300. The van der Waals surface area contributed by atoms with Gasteiger partial charge >= 0.3 is 0 Å². The van der Waals surface area contributed by atoms with Gasteiger partial charge in [0.05, 0.1) is 19.8 Å². The van der Waals surface area contributed by atoms with E-state index in [4.69, 9.17) is 13.9 Å². The average Bonchev–Trinajstić information content (AvgIpc) is 3.23. The molecule has 1 unspecified atom stereocenters. The number of amides is 1. The van der Waals surface area contributed by atoms with Gasteiger partial charge in [-0.1, -0.05) is 0 Å². The van der Waals surface area contributed by atoms with E-state index >= 15 is 0 Å². The van der Waals surface area contributed by atoms with Crippen molar-refractivity contribution in [1.82, 2.24) is 14.9 Å². The summed E-state index contributed by atoms with van der Waals surface area (Å²) in [5.41, 5.74) is 1.30. The Morgan fingerprint density at radius 1 is 1.15 bits per heavy atom. The lowest BCUT2D eigenvalue weighted by atomic mass is 10.0. The van der Waals surface area contributed by atoms with Crippen molar-refractivity contribution in [3.8, 4) is 11.5 Å². The molecule has 0 spiro atoms. The van der Waals surface area contributed by atoms with Crippen LogP contribution in [0.2, 0.25) is 0 Å². The summed E-state index contributed by atoms with van der Waals surface area (Å²) in [7, 11) is 5.06. The van der Waals surface area contributed by atoms with Crippen LogP contribution in [-0.2, 0) is 7.05 Å². The smallest absolute Gasteiger partial charge is 0.255 e. The molecular formula is C20H23N3O4. The molecule has 2 aromatic heterocycles. The summed E-state index contributed by atoms with van der Waals surface area (Å²) < 4.78 is 18.1. The third-order valence-corrected chi connectivity index (χ3v) is 4.38. The van der Waals surface area contributed by atoms with Crippen LogP contribution in [0.4, 0.5) is 0 Å². The van der Waals surface area contributed by atoms with Gasteiger partial charge in [0.15, 0.2) is 0 Å². The van der Waals surface area contributed by atoms with Crippen LogP contribution in [0.3, 0.4) is 0 Å². The zero-order valence-electron chi connectivity index (χ0n) is 16.1. The number of aromatic nitrogens is 2. The van der Waals surface area contributed by atoms with E-state index in [0.717, 1.165) is 5.56 Å². The van der Waals surface area contributed by atoms with Crippen molar-refractivity contribution in [3.05, 3.63) is 65.1 Å². The third kappa shape index (κ3) is 3.81. The quantitative estimate of drug-likeness (QED) is 0.722. The van der Waals surface area contributed by atoms with Crippen LogP contribution in [-0.4, -0.2) is 29.7 Å². The van der Waals surface area contributed by atoms with Gasteiger partial charge in [0.1, 0.15) is 34.9 Å². The molecule has 1 aromatic carbocycles. The molecule has 142 valence electrons. The highest BCUT2D eigenvalue weighted by atomic mass is 16.5. The lowest BCUT2D eigenvalue weighted by molar-refractivity contribution is 0.0939. The van der Waals surface area contributed by atoms with E-state index in [-0.39, 0.29) is 5.91 Å². The van der Waals surface area contributed by atoms with E-state index in [0.29, 0.717) is 34.4 Å². The van der Waals surface area contributed by atoms with Gasteiger partial charge in [0.25, 0.3) is 5.91 Å². The minimum absolute atomic E-state index is 0.237. The Morgan fingerprint density at radius 2 is 1.81 bits per heavy atom. The Kier molecular flexibility index (Phi) is 5.21. The van der Waals surface area contributed by atoms with Gasteiger partial charge in [-0.3, -0.25) is 4.79 Å². The van der Waals surface area contributed by atoms with Crippen LogP contribution >= 0.6 is 0 Å². The van der Waals surface area contributed by atoms with Crippen molar-refractivity contribution in [3.63, 3.8) is 0 Å². The molecule has 0 saturated carbocycles. The number of carbonyl (C=O) groups excluding carboxylic acids is 1. The largest absolute Gasteiger partial charge is 0.497 e. The maximum atomic E-state index is 12.9. The molecule has 0 aliphatic heterocycles. The van der Waals surface area contributed by atoms with Crippen LogP contribution in [0.15, 0.2) is 41.1 Å². The number of rotatable bonds is 6. The van der Waals surface area contributed by atoms with Crippen molar-refractivity contribution in [2.24, 2.45) is 7.05 Å². The molecule has 0 aliphatic carbocycles. The van der Waals surface area contributed by atoms with Gasteiger partial charge in [-0.25, -0.2) is 4.98 Å². The molecule has 0 fully saturated rings. The SMILES string of the molecule is COc1cc(OC)cc(C(NC(=O)c2cc(C)oc2C)c2nccn2C)c1.